The third-order valence-electron chi connectivity index (χ3n) is 3.32. The van der Waals surface area contributed by atoms with Gasteiger partial charge in [-0.2, -0.15) is 0 Å². The van der Waals surface area contributed by atoms with Crippen LogP contribution in [-0.4, -0.2) is 4.57 Å². The van der Waals surface area contributed by atoms with E-state index in [1.807, 2.05) is 0 Å². The van der Waals surface area contributed by atoms with Gasteiger partial charge in [-0.05, 0) is 51.8 Å². The van der Waals surface area contributed by atoms with Gasteiger partial charge in [0.05, 0.1) is 0 Å². The molecule has 0 amide bonds. The molecule has 2 aromatic rings. The van der Waals surface area contributed by atoms with Gasteiger partial charge in [-0.15, -0.1) is 0 Å². The number of benzene rings is 1. The Kier molecular flexibility index (Phi) is 2.78. The highest BCUT2D eigenvalue weighted by atomic mass is 15.0. The van der Waals surface area contributed by atoms with Crippen LogP contribution in [0.15, 0.2) is 24.4 Å². The predicted octanol–water partition coefficient (Wildman–Crippen LogP) is 3.72. The summed E-state index contributed by atoms with van der Waals surface area (Å²) >= 11 is 0. The zero-order valence-electron chi connectivity index (χ0n) is 11.4. The third-order valence-corrected chi connectivity index (χ3v) is 3.32. The number of fused-ring (bicyclic) bond motifs is 1. The molecule has 0 saturated carbocycles. The summed E-state index contributed by atoms with van der Waals surface area (Å²) in [6.45, 7) is 10.7. The van der Waals surface area contributed by atoms with Gasteiger partial charge >= 0.3 is 0 Å². The molecular formula is C15H22N2. The Hall–Kier alpha value is -1.28. The van der Waals surface area contributed by atoms with Crippen molar-refractivity contribution in [1.29, 1.82) is 0 Å². The molecular weight excluding hydrogens is 208 g/mol. The van der Waals surface area contributed by atoms with Gasteiger partial charge in [0.1, 0.15) is 0 Å². The van der Waals surface area contributed by atoms with Crippen molar-refractivity contribution in [3.05, 3.63) is 35.5 Å². The molecule has 2 N–H and O–H groups in total. The van der Waals surface area contributed by atoms with Gasteiger partial charge < -0.3 is 10.3 Å². The maximum absolute atomic E-state index is 6.29. The summed E-state index contributed by atoms with van der Waals surface area (Å²) < 4.78 is 2.31. The van der Waals surface area contributed by atoms with Gasteiger partial charge in [0.15, 0.2) is 0 Å². The summed E-state index contributed by atoms with van der Waals surface area (Å²) in [7, 11) is 0. The number of hydrogen-bond acceptors (Lipinski definition) is 1. The van der Waals surface area contributed by atoms with E-state index in [2.05, 4.69) is 63.6 Å². The third kappa shape index (κ3) is 1.98. The molecule has 2 rings (SSSR count). The van der Waals surface area contributed by atoms with Crippen LogP contribution < -0.4 is 5.73 Å². The van der Waals surface area contributed by atoms with Crippen LogP contribution in [0.5, 0.6) is 0 Å². The van der Waals surface area contributed by atoms with Crippen LogP contribution >= 0.6 is 0 Å². The first-order valence-corrected chi connectivity index (χ1v) is 6.22. The van der Waals surface area contributed by atoms with Gasteiger partial charge in [0.25, 0.3) is 0 Å². The van der Waals surface area contributed by atoms with Crippen LogP contribution in [0.1, 0.15) is 44.9 Å². The summed E-state index contributed by atoms with van der Waals surface area (Å²) in [6.07, 6.45) is 2.21. The number of rotatable bonds is 2. The molecule has 0 fully saturated rings. The zero-order valence-corrected chi connectivity index (χ0v) is 11.4. The van der Waals surface area contributed by atoms with E-state index in [1.165, 1.54) is 22.0 Å². The Balaban J connectivity index is 2.86. The lowest BCUT2D eigenvalue weighted by atomic mass is 9.93. The first-order chi connectivity index (χ1) is 7.82. The molecule has 0 unspecified atom stereocenters. The van der Waals surface area contributed by atoms with Crippen LogP contribution in [0.25, 0.3) is 10.9 Å². The van der Waals surface area contributed by atoms with E-state index in [0.717, 1.165) is 0 Å². The lowest BCUT2D eigenvalue weighted by molar-refractivity contribution is 0.549. The minimum atomic E-state index is -0.301. The van der Waals surface area contributed by atoms with E-state index in [4.69, 9.17) is 5.73 Å². The second-order valence-corrected chi connectivity index (χ2v) is 5.73. The van der Waals surface area contributed by atoms with E-state index in [-0.39, 0.29) is 5.54 Å². The highest BCUT2D eigenvalue weighted by Gasteiger charge is 2.22. The minimum Gasteiger partial charge on any atom is -0.345 e. The average Bonchev–Trinajstić information content (AvgIpc) is 2.57. The Morgan fingerprint density at radius 2 is 1.88 bits per heavy atom. The van der Waals surface area contributed by atoms with Gasteiger partial charge in [-0.1, -0.05) is 12.1 Å². The maximum Gasteiger partial charge on any atom is 0.0488 e. The van der Waals surface area contributed by atoms with E-state index in [0.29, 0.717) is 6.04 Å². The van der Waals surface area contributed by atoms with Gasteiger partial charge in [-0.25, -0.2) is 0 Å². The monoisotopic (exact) mass is 230 g/mol. The predicted molar refractivity (Wildman–Crippen MR) is 74.3 cm³/mol. The minimum absolute atomic E-state index is 0.301. The summed E-state index contributed by atoms with van der Waals surface area (Å²) in [5, 5.41) is 1.31. The molecule has 0 aliphatic heterocycles. The molecule has 0 radical (unpaired) electrons. The fourth-order valence-electron chi connectivity index (χ4n) is 2.41. The summed E-state index contributed by atoms with van der Waals surface area (Å²) in [5.74, 6) is 0. The Morgan fingerprint density at radius 3 is 2.41 bits per heavy atom. The summed E-state index contributed by atoms with van der Waals surface area (Å²) in [4.78, 5) is 0. The molecule has 92 valence electrons. The number of nitrogens with two attached hydrogens (primary N) is 1. The quantitative estimate of drug-likeness (QED) is 0.837. The molecule has 1 aromatic heterocycles. The molecule has 17 heavy (non-hydrogen) atoms. The Morgan fingerprint density at radius 1 is 1.24 bits per heavy atom. The first kappa shape index (κ1) is 12.2. The van der Waals surface area contributed by atoms with E-state index in [1.54, 1.807) is 0 Å². The van der Waals surface area contributed by atoms with E-state index >= 15 is 0 Å². The van der Waals surface area contributed by atoms with Crippen molar-refractivity contribution in [3.8, 4) is 0 Å². The van der Waals surface area contributed by atoms with Crippen LogP contribution in [0.2, 0.25) is 0 Å². The second kappa shape index (κ2) is 3.88. The van der Waals surface area contributed by atoms with Gasteiger partial charge in [0.2, 0.25) is 0 Å². The highest BCUT2D eigenvalue weighted by Crippen LogP contribution is 2.32. The molecule has 0 aliphatic rings. The summed E-state index contributed by atoms with van der Waals surface area (Å²) in [6, 6.07) is 6.90. The topological polar surface area (TPSA) is 30.9 Å². The lowest BCUT2D eigenvalue weighted by Gasteiger charge is -2.18. The first-order valence-electron chi connectivity index (χ1n) is 6.22. The van der Waals surface area contributed by atoms with Crippen LogP contribution in [0.4, 0.5) is 0 Å². The summed E-state index contributed by atoms with van der Waals surface area (Å²) in [5.41, 5.74) is 9.81. The SMILES string of the molecule is Cc1cccc2c1c(C(C)(C)N)cn2C(C)C. The highest BCUT2D eigenvalue weighted by molar-refractivity contribution is 5.88. The standard InChI is InChI=1S/C15H22N2/c1-10(2)17-9-12(15(4,5)16)14-11(3)7-6-8-13(14)17/h6-10H,16H2,1-5H3. The largest absolute Gasteiger partial charge is 0.345 e. The van der Waals surface area contributed by atoms with E-state index in [9.17, 15) is 0 Å². The zero-order chi connectivity index (χ0) is 12.8. The lowest BCUT2D eigenvalue weighted by Crippen LogP contribution is -2.28. The molecule has 1 heterocycles. The molecule has 0 aliphatic carbocycles. The van der Waals surface area contributed by atoms with Crippen molar-refractivity contribution in [1.82, 2.24) is 4.57 Å². The molecule has 2 nitrogen and oxygen atoms in total. The van der Waals surface area contributed by atoms with Crippen molar-refractivity contribution < 1.29 is 0 Å². The number of nitrogens with zero attached hydrogens (tertiary/aromatic N) is 1. The van der Waals surface area contributed by atoms with Crippen molar-refractivity contribution in [2.45, 2.75) is 46.2 Å². The maximum atomic E-state index is 6.29. The number of aromatic nitrogens is 1. The smallest absolute Gasteiger partial charge is 0.0488 e. The molecule has 0 spiro atoms. The average molecular weight is 230 g/mol. The molecule has 2 heteroatoms. The fourth-order valence-corrected chi connectivity index (χ4v) is 2.41. The van der Waals surface area contributed by atoms with Crippen LogP contribution in [0, 0.1) is 6.92 Å². The van der Waals surface area contributed by atoms with E-state index < -0.39 is 0 Å². The van der Waals surface area contributed by atoms with Crippen molar-refractivity contribution in [2.24, 2.45) is 5.73 Å². The molecule has 0 atom stereocenters. The molecule has 0 bridgehead atoms. The normalized spacial score (nSPS) is 12.6. The Bertz CT molecular complexity index is 542. The van der Waals surface area contributed by atoms with Crippen molar-refractivity contribution in [2.75, 3.05) is 0 Å². The second-order valence-electron chi connectivity index (χ2n) is 5.73. The number of hydrogen-bond donors (Lipinski definition) is 1. The van der Waals surface area contributed by atoms with Crippen LogP contribution in [0.3, 0.4) is 0 Å². The fraction of sp³-hybridized carbons (Fsp3) is 0.467. The van der Waals surface area contributed by atoms with Gasteiger partial charge in [-0.3, -0.25) is 0 Å². The molecule has 0 saturated heterocycles. The molecule has 1 aromatic carbocycles. The van der Waals surface area contributed by atoms with Crippen molar-refractivity contribution >= 4 is 10.9 Å². The Labute approximate surface area is 103 Å². The number of aryl methyl sites for hydroxylation is 1. The van der Waals surface area contributed by atoms with Crippen LogP contribution in [-0.2, 0) is 5.54 Å². The van der Waals surface area contributed by atoms with Crippen molar-refractivity contribution in [3.63, 3.8) is 0 Å². The van der Waals surface area contributed by atoms with Gasteiger partial charge in [0, 0.05) is 28.7 Å².